The van der Waals surface area contributed by atoms with Gasteiger partial charge in [0.1, 0.15) is 23.3 Å². The molecular weight excluding hydrogens is 799 g/mol. The fourth-order valence-electron chi connectivity index (χ4n) is 8.44. The molecule has 3 fully saturated rings. The summed E-state index contributed by atoms with van der Waals surface area (Å²) in [5.74, 6) is -4.80. The van der Waals surface area contributed by atoms with E-state index in [1.54, 1.807) is 31.2 Å². The zero-order valence-electron chi connectivity index (χ0n) is 34.0. The number of carbonyl (C=O) groups excluding carboxylic acids is 4. The smallest absolute Gasteiger partial charge is 0.427 e. The number of hydrogen-bond donors (Lipinski definition) is 1. The van der Waals surface area contributed by atoms with Crippen LogP contribution < -0.4 is 14.2 Å². The number of benzene rings is 1. The summed E-state index contributed by atoms with van der Waals surface area (Å²) in [4.78, 5) is 62.4. The molecule has 1 aromatic heterocycles. The maximum Gasteiger partial charge on any atom is 0.427 e. The van der Waals surface area contributed by atoms with Crippen molar-refractivity contribution >= 4 is 44.4 Å². The summed E-state index contributed by atoms with van der Waals surface area (Å²) < 4.78 is 98.9. The van der Waals surface area contributed by atoms with Gasteiger partial charge in [-0.15, -0.1) is 0 Å². The van der Waals surface area contributed by atoms with E-state index in [-0.39, 0.29) is 44.0 Å². The molecule has 1 saturated heterocycles. The van der Waals surface area contributed by atoms with Gasteiger partial charge in [0.2, 0.25) is 33.3 Å². The molecule has 0 bridgehead atoms. The summed E-state index contributed by atoms with van der Waals surface area (Å²) in [6, 6.07) is 5.88. The van der Waals surface area contributed by atoms with Gasteiger partial charge in [0, 0.05) is 24.4 Å². The number of nitrogens with one attached hydrogen (secondary N) is 1. The van der Waals surface area contributed by atoms with Gasteiger partial charge in [0.25, 0.3) is 0 Å². The normalized spacial score (nSPS) is 29.3. The summed E-state index contributed by atoms with van der Waals surface area (Å²) in [6.45, 7) is 6.12. The van der Waals surface area contributed by atoms with Gasteiger partial charge >= 0.3 is 12.1 Å². The van der Waals surface area contributed by atoms with Gasteiger partial charge in [-0.2, -0.15) is 13.2 Å². The number of rotatable bonds is 11. The van der Waals surface area contributed by atoms with Gasteiger partial charge in [-0.1, -0.05) is 26.0 Å². The first-order valence-electron chi connectivity index (χ1n) is 20.2. The maximum absolute atomic E-state index is 14.8. The third-order valence-corrected chi connectivity index (χ3v) is 14.7. The molecule has 2 aromatic rings. The van der Waals surface area contributed by atoms with E-state index in [0.29, 0.717) is 37.0 Å². The van der Waals surface area contributed by atoms with E-state index in [2.05, 4.69) is 9.71 Å². The first-order valence-corrected chi connectivity index (χ1v) is 21.7. The van der Waals surface area contributed by atoms with Crippen molar-refractivity contribution in [2.75, 3.05) is 19.8 Å². The van der Waals surface area contributed by atoms with E-state index in [0.717, 1.165) is 19.2 Å². The number of alkyl halides is 4. The third kappa shape index (κ3) is 9.24. The van der Waals surface area contributed by atoms with Crippen LogP contribution in [0.4, 0.5) is 17.6 Å². The molecule has 3 heterocycles. The monoisotopic (exact) mass is 851 g/mol. The molecule has 17 heteroatoms. The standard InChI is InChI=1S/C42H53F4N3O9S/c1-6-56-29-11-12-31-27(18-29)13-16-47-36(31)57-30-19-33-34(50)22-41(38(53)48-59(54,55)40(24-43)14-15-40)21-28(41)10-8-7-9-25(2)17-26(3)32(37(52)49(33)23-30)20-35(51)58-39(4,5)42(44,45)46/h8,10-13,16,18,25-26,28,30,32-33H,6-7,9,14-15,17,19-24H2,1-5H3,(H,48,53)/b10-8-/t25-,26-,28-,30-,32+,33+,41-/m1/s1. The van der Waals surface area contributed by atoms with Crippen LogP contribution in [0.25, 0.3) is 10.8 Å². The number of sulfonamides is 1. The Morgan fingerprint density at radius 1 is 1.08 bits per heavy atom. The average Bonchev–Trinajstić information content (AvgIpc) is 4.06. The number of fused-ring (bicyclic) bond motifs is 3. The molecule has 12 nitrogen and oxygen atoms in total. The van der Waals surface area contributed by atoms with Crippen LogP contribution >= 0.6 is 0 Å². The molecule has 59 heavy (non-hydrogen) atoms. The summed E-state index contributed by atoms with van der Waals surface area (Å²) >= 11 is 0. The van der Waals surface area contributed by atoms with Crippen molar-refractivity contribution in [3.63, 3.8) is 0 Å². The Morgan fingerprint density at radius 3 is 2.47 bits per heavy atom. The van der Waals surface area contributed by atoms with E-state index in [1.807, 2.05) is 26.0 Å². The van der Waals surface area contributed by atoms with Crippen molar-refractivity contribution in [3.8, 4) is 11.6 Å². The molecule has 6 rings (SSSR count). The number of halogens is 4. The van der Waals surface area contributed by atoms with Crippen LogP contribution in [0.15, 0.2) is 42.6 Å². The molecule has 2 aliphatic heterocycles. The van der Waals surface area contributed by atoms with Crippen molar-refractivity contribution < 1.29 is 59.4 Å². The topological polar surface area (TPSA) is 158 Å². The summed E-state index contributed by atoms with van der Waals surface area (Å²) in [7, 11) is -4.41. The predicted molar refractivity (Wildman–Crippen MR) is 208 cm³/mol. The largest absolute Gasteiger partial charge is 0.494 e. The number of aromatic nitrogens is 1. The summed E-state index contributed by atoms with van der Waals surface area (Å²) in [5.41, 5.74) is -4.33. The molecule has 1 N–H and O–H groups in total. The molecule has 2 aliphatic carbocycles. The van der Waals surface area contributed by atoms with Gasteiger partial charge < -0.3 is 19.1 Å². The van der Waals surface area contributed by atoms with Crippen molar-refractivity contribution in [1.29, 1.82) is 0 Å². The van der Waals surface area contributed by atoms with Crippen LogP contribution in [-0.4, -0.2) is 90.4 Å². The molecule has 324 valence electrons. The van der Waals surface area contributed by atoms with Gasteiger partial charge in [-0.3, -0.25) is 23.9 Å². The first kappa shape index (κ1) is 44.3. The van der Waals surface area contributed by atoms with Gasteiger partial charge in [-0.05, 0) is 107 Å². The van der Waals surface area contributed by atoms with Crippen LogP contribution in [0.2, 0.25) is 0 Å². The number of Topliss-reactive ketones (excluding diaryl/α,β-unsaturated/α-hetero) is 1. The molecule has 0 spiro atoms. The second kappa shape index (κ2) is 16.6. The number of esters is 1. The van der Waals surface area contributed by atoms with Crippen LogP contribution in [-0.2, 0) is 33.9 Å². The highest BCUT2D eigenvalue weighted by Gasteiger charge is 2.63. The van der Waals surface area contributed by atoms with Crippen molar-refractivity contribution in [3.05, 3.63) is 42.6 Å². The average molecular weight is 852 g/mol. The van der Waals surface area contributed by atoms with E-state index < -0.39 is 105 Å². The first-order chi connectivity index (χ1) is 27.7. The highest BCUT2D eigenvalue weighted by Crippen LogP contribution is 2.58. The van der Waals surface area contributed by atoms with Crippen LogP contribution in [0, 0.1) is 29.1 Å². The second-order valence-electron chi connectivity index (χ2n) is 17.4. The van der Waals surface area contributed by atoms with E-state index in [9.17, 15) is 45.2 Å². The highest BCUT2D eigenvalue weighted by atomic mass is 32.2. The minimum absolute atomic E-state index is 0.0154. The lowest BCUT2D eigenvalue weighted by molar-refractivity contribution is -0.257. The molecule has 4 aliphatic rings. The molecule has 1 aromatic carbocycles. The third-order valence-electron chi connectivity index (χ3n) is 12.5. The molecule has 7 atom stereocenters. The molecular formula is C42H53F4N3O9S. The summed E-state index contributed by atoms with van der Waals surface area (Å²) in [5, 5.41) is 1.38. The minimum atomic E-state index is -4.88. The Labute approximate surface area is 341 Å². The molecule has 0 radical (unpaired) electrons. The van der Waals surface area contributed by atoms with E-state index >= 15 is 0 Å². The number of amides is 2. The lowest BCUT2D eigenvalue weighted by atomic mass is 9.82. The lowest BCUT2D eigenvalue weighted by Gasteiger charge is -2.33. The zero-order valence-corrected chi connectivity index (χ0v) is 34.8. The lowest BCUT2D eigenvalue weighted by Crippen LogP contribution is -2.49. The highest BCUT2D eigenvalue weighted by molar-refractivity contribution is 7.91. The van der Waals surface area contributed by atoms with Crippen LogP contribution in [0.3, 0.4) is 0 Å². The van der Waals surface area contributed by atoms with E-state index in [4.69, 9.17) is 14.2 Å². The number of ether oxygens (including phenoxy) is 3. The maximum atomic E-state index is 14.8. The fraction of sp³-hybridized carbons (Fsp3) is 0.643. The van der Waals surface area contributed by atoms with Crippen molar-refractivity contribution in [2.24, 2.45) is 29.1 Å². The van der Waals surface area contributed by atoms with Crippen molar-refractivity contribution in [1.82, 2.24) is 14.6 Å². The SMILES string of the molecule is CCOc1ccc2c(O[C@@H]3C[C@H]4C(=O)C[C@]5(C(=O)NS(=O)(=O)C6(CF)CC6)C[C@H]5/C=C\CC[C@@H](C)C[C@@H](C)[C@H](CC(=O)OC(C)(C)C(F)(F)F)C(=O)N4C3)nccc2c1. The van der Waals surface area contributed by atoms with E-state index in [1.165, 1.54) is 11.1 Å². The predicted octanol–water partition coefficient (Wildman–Crippen LogP) is 6.80. The Kier molecular flexibility index (Phi) is 12.5. The Bertz CT molecular complexity index is 2090. The number of pyridine rings is 1. The van der Waals surface area contributed by atoms with Gasteiger partial charge in [-0.25, -0.2) is 17.8 Å². The Morgan fingerprint density at radius 2 is 1.81 bits per heavy atom. The van der Waals surface area contributed by atoms with Gasteiger partial charge in [0.15, 0.2) is 5.78 Å². The fourth-order valence-corrected chi connectivity index (χ4v) is 9.89. The van der Waals surface area contributed by atoms with Gasteiger partial charge in [0.05, 0.1) is 36.9 Å². The molecule has 0 unspecified atom stereocenters. The Balaban J connectivity index is 1.35. The number of allylic oxidation sites excluding steroid dienone is 2. The Hall–Kier alpha value is -4.28. The minimum Gasteiger partial charge on any atom is -0.494 e. The van der Waals surface area contributed by atoms with Crippen LogP contribution in [0.1, 0.15) is 92.4 Å². The molecule has 2 saturated carbocycles. The number of hydrogen-bond acceptors (Lipinski definition) is 10. The number of ketones is 1. The van der Waals surface area contributed by atoms with Crippen molar-refractivity contribution in [2.45, 2.75) is 121 Å². The van der Waals surface area contributed by atoms with Crippen LogP contribution in [0.5, 0.6) is 11.6 Å². The number of nitrogens with zero attached hydrogens (tertiary/aromatic N) is 2. The summed E-state index contributed by atoms with van der Waals surface area (Å²) in [6.07, 6.45) is 0.104. The number of carbonyl (C=O) groups is 4. The zero-order chi connectivity index (χ0) is 43.1. The quantitative estimate of drug-likeness (QED) is 0.145. The molecule has 2 amide bonds. The second-order valence-corrected chi connectivity index (χ2v) is 19.5.